The van der Waals surface area contributed by atoms with Crippen molar-refractivity contribution in [3.63, 3.8) is 0 Å². The second-order valence-electron chi connectivity index (χ2n) is 5.68. The normalized spacial score (nSPS) is 12.8. The van der Waals surface area contributed by atoms with Crippen molar-refractivity contribution in [1.82, 2.24) is 5.32 Å². The van der Waals surface area contributed by atoms with E-state index in [9.17, 15) is 14.0 Å². The standard InChI is InChI=1S/C19H19BrFNO4/c1-11(13-4-6-14(21)7-5-13)22-18(23)12(2)26-19(24)16-10-15(25-3)8-9-17(16)20/h4-12H,1-3H3,(H,22,23). The van der Waals surface area contributed by atoms with Crippen molar-refractivity contribution in [2.75, 3.05) is 7.11 Å². The maximum atomic E-state index is 13.0. The Morgan fingerprint density at radius 1 is 1.12 bits per heavy atom. The number of ether oxygens (including phenoxy) is 2. The monoisotopic (exact) mass is 423 g/mol. The molecular weight excluding hydrogens is 405 g/mol. The number of hydrogen-bond donors (Lipinski definition) is 1. The molecule has 0 aliphatic heterocycles. The van der Waals surface area contributed by atoms with Crippen LogP contribution in [0.1, 0.15) is 35.8 Å². The van der Waals surface area contributed by atoms with Gasteiger partial charge in [-0.25, -0.2) is 9.18 Å². The molecule has 0 fully saturated rings. The fraction of sp³-hybridized carbons (Fsp3) is 0.263. The summed E-state index contributed by atoms with van der Waals surface area (Å²) in [5.74, 6) is -0.942. The Morgan fingerprint density at radius 2 is 1.77 bits per heavy atom. The minimum atomic E-state index is -0.997. The van der Waals surface area contributed by atoms with Gasteiger partial charge in [-0.05, 0) is 65.7 Å². The van der Waals surface area contributed by atoms with E-state index in [1.807, 2.05) is 0 Å². The van der Waals surface area contributed by atoms with Crippen LogP contribution in [0.3, 0.4) is 0 Å². The van der Waals surface area contributed by atoms with Gasteiger partial charge in [0.25, 0.3) is 5.91 Å². The molecule has 0 radical (unpaired) electrons. The van der Waals surface area contributed by atoms with Gasteiger partial charge in [0.1, 0.15) is 11.6 Å². The number of esters is 1. The first-order valence-electron chi connectivity index (χ1n) is 7.92. The molecule has 0 aromatic heterocycles. The van der Waals surface area contributed by atoms with Crippen LogP contribution < -0.4 is 10.1 Å². The lowest BCUT2D eigenvalue weighted by atomic mass is 10.1. The van der Waals surface area contributed by atoms with Crippen molar-refractivity contribution in [1.29, 1.82) is 0 Å². The topological polar surface area (TPSA) is 64.6 Å². The zero-order chi connectivity index (χ0) is 19.3. The van der Waals surface area contributed by atoms with Crippen molar-refractivity contribution < 1.29 is 23.5 Å². The smallest absolute Gasteiger partial charge is 0.340 e. The lowest BCUT2D eigenvalue weighted by molar-refractivity contribution is -0.129. The molecule has 1 N–H and O–H groups in total. The van der Waals surface area contributed by atoms with E-state index in [1.54, 1.807) is 31.2 Å². The Morgan fingerprint density at radius 3 is 2.38 bits per heavy atom. The van der Waals surface area contributed by atoms with Crippen LogP contribution >= 0.6 is 15.9 Å². The van der Waals surface area contributed by atoms with E-state index in [-0.39, 0.29) is 17.4 Å². The van der Waals surface area contributed by atoms with Gasteiger partial charge in [-0.15, -0.1) is 0 Å². The third-order valence-electron chi connectivity index (χ3n) is 3.78. The molecule has 2 aromatic carbocycles. The zero-order valence-electron chi connectivity index (χ0n) is 14.6. The summed E-state index contributed by atoms with van der Waals surface area (Å²) in [5.41, 5.74) is 1.00. The number of carbonyl (C=O) groups excluding carboxylic acids is 2. The fourth-order valence-electron chi connectivity index (χ4n) is 2.23. The highest BCUT2D eigenvalue weighted by molar-refractivity contribution is 9.10. The summed E-state index contributed by atoms with van der Waals surface area (Å²) in [5, 5.41) is 2.73. The zero-order valence-corrected chi connectivity index (χ0v) is 16.2. The largest absolute Gasteiger partial charge is 0.497 e. The average Bonchev–Trinajstić information content (AvgIpc) is 2.62. The van der Waals surface area contributed by atoms with E-state index in [2.05, 4.69) is 21.2 Å². The summed E-state index contributed by atoms with van der Waals surface area (Å²) in [4.78, 5) is 24.6. The maximum Gasteiger partial charge on any atom is 0.340 e. The maximum absolute atomic E-state index is 13.0. The molecule has 26 heavy (non-hydrogen) atoms. The van der Waals surface area contributed by atoms with Gasteiger partial charge in [-0.1, -0.05) is 12.1 Å². The number of hydrogen-bond acceptors (Lipinski definition) is 4. The highest BCUT2D eigenvalue weighted by atomic mass is 79.9. The van der Waals surface area contributed by atoms with Gasteiger partial charge in [0.05, 0.1) is 18.7 Å². The molecule has 0 spiro atoms. The lowest BCUT2D eigenvalue weighted by Crippen LogP contribution is -2.37. The van der Waals surface area contributed by atoms with Crippen LogP contribution in [-0.4, -0.2) is 25.1 Å². The van der Waals surface area contributed by atoms with E-state index in [0.29, 0.717) is 10.2 Å². The second-order valence-corrected chi connectivity index (χ2v) is 6.53. The molecule has 7 heteroatoms. The molecule has 2 atom stereocenters. The summed E-state index contributed by atoms with van der Waals surface area (Å²) in [6.07, 6.45) is -0.997. The van der Waals surface area contributed by atoms with Crippen molar-refractivity contribution in [2.24, 2.45) is 0 Å². The molecule has 0 bridgehead atoms. The van der Waals surface area contributed by atoms with Crippen LogP contribution in [0.4, 0.5) is 4.39 Å². The predicted octanol–water partition coefficient (Wildman–Crippen LogP) is 4.02. The predicted molar refractivity (Wildman–Crippen MR) is 98.5 cm³/mol. The van der Waals surface area contributed by atoms with Crippen molar-refractivity contribution >= 4 is 27.8 Å². The molecule has 1 amide bonds. The van der Waals surface area contributed by atoms with E-state index < -0.39 is 18.0 Å². The van der Waals surface area contributed by atoms with Gasteiger partial charge in [-0.3, -0.25) is 4.79 Å². The SMILES string of the molecule is COc1ccc(Br)c(C(=O)OC(C)C(=O)NC(C)c2ccc(F)cc2)c1. The van der Waals surface area contributed by atoms with Crippen LogP contribution in [0.15, 0.2) is 46.9 Å². The first kappa shape index (κ1) is 19.9. The lowest BCUT2D eigenvalue weighted by Gasteiger charge is -2.18. The molecule has 2 rings (SSSR count). The van der Waals surface area contributed by atoms with E-state index in [4.69, 9.17) is 9.47 Å². The number of benzene rings is 2. The molecule has 0 aliphatic carbocycles. The van der Waals surface area contributed by atoms with E-state index in [0.717, 1.165) is 5.56 Å². The van der Waals surface area contributed by atoms with Gasteiger partial charge in [-0.2, -0.15) is 0 Å². The Kier molecular flexibility index (Phi) is 6.74. The first-order chi connectivity index (χ1) is 12.3. The fourth-order valence-corrected chi connectivity index (χ4v) is 2.64. The van der Waals surface area contributed by atoms with Crippen LogP contribution in [0.25, 0.3) is 0 Å². The molecule has 0 saturated carbocycles. The van der Waals surface area contributed by atoms with E-state index in [1.165, 1.54) is 32.2 Å². The van der Waals surface area contributed by atoms with Gasteiger partial charge < -0.3 is 14.8 Å². The number of methoxy groups -OCH3 is 1. The minimum absolute atomic E-state index is 0.260. The Balaban J connectivity index is 2.00. The molecule has 5 nitrogen and oxygen atoms in total. The molecule has 2 unspecified atom stereocenters. The van der Waals surface area contributed by atoms with Crippen molar-refractivity contribution in [3.8, 4) is 5.75 Å². The molecule has 138 valence electrons. The van der Waals surface area contributed by atoms with Gasteiger partial charge in [0, 0.05) is 4.47 Å². The number of amides is 1. The second kappa shape index (κ2) is 8.80. The number of carbonyl (C=O) groups is 2. The van der Waals surface area contributed by atoms with Crippen LogP contribution in [0, 0.1) is 5.82 Å². The Hall–Kier alpha value is -2.41. The van der Waals surface area contributed by atoms with Crippen LogP contribution in [0.2, 0.25) is 0 Å². The summed E-state index contributed by atoms with van der Waals surface area (Å²) < 4.78 is 23.8. The molecule has 0 aliphatic rings. The van der Waals surface area contributed by atoms with Crippen molar-refractivity contribution in [3.05, 3.63) is 63.9 Å². The summed E-state index contributed by atoms with van der Waals surface area (Å²) in [6, 6.07) is 10.3. The van der Waals surface area contributed by atoms with Crippen LogP contribution in [0.5, 0.6) is 5.75 Å². The first-order valence-corrected chi connectivity index (χ1v) is 8.71. The number of halogens is 2. The van der Waals surface area contributed by atoms with Gasteiger partial charge in [0.15, 0.2) is 6.10 Å². The van der Waals surface area contributed by atoms with Gasteiger partial charge >= 0.3 is 5.97 Å². The third kappa shape index (κ3) is 5.05. The molecule has 0 saturated heterocycles. The molecule has 0 heterocycles. The number of rotatable bonds is 6. The average molecular weight is 424 g/mol. The van der Waals surface area contributed by atoms with E-state index >= 15 is 0 Å². The Labute approximate surface area is 159 Å². The Bertz CT molecular complexity index is 795. The number of nitrogens with one attached hydrogen (secondary N) is 1. The summed E-state index contributed by atoms with van der Waals surface area (Å²) >= 11 is 3.28. The highest BCUT2D eigenvalue weighted by Crippen LogP contribution is 2.23. The molecular formula is C19H19BrFNO4. The van der Waals surface area contributed by atoms with Crippen LogP contribution in [-0.2, 0) is 9.53 Å². The molecule has 2 aromatic rings. The highest BCUT2D eigenvalue weighted by Gasteiger charge is 2.22. The van der Waals surface area contributed by atoms with Gasteiger partial charge in [0.2, 0.25) is 0 Å². The quantitative estimate of drug-likeness (QED) is 0.712. The summed E-state index contributed by atoms with van der Waals surface area (Å²) in [7, 11) is 1.49. The third-order valence-corrected chi connectivity index (χ3v) is 4.47. The van der Waals surface area contributed by atoms with Crippen molar-refractivity contribution in [2.45, 2.75) is 26.0 Å². The minimum Gasteiger partial charge on any atom is -0.497 e. The summed E-state index contributed by atoms with van der Waals surface area (Å²) in [6.45, 7) is 3.25.